The molecule has 2 heterocycles. The second-order valence-electron chi connectivity index (χ2n) is 11.8. The zero-order chi connectivity index (χ0) is 31.8. The standard InChI is InChI=1S/C36H44O9/c1-23-30(39-20-27-14-8-5-9-15-27)31(40-21-28-16-10-6-11-17-28)25(3)43-36(23)45-33-32(41-22-29-18-12-7-13-19-29)24(2)42-35(38)34(33)44-26(4)37/h5-19,23-25,30-36,38H,20-22H2,1-4H3/t23-,24?,25?,30?,31+,32-,33?,34+,35?,36-/m0/s1. The van der Waals surface area contributed by atoms with E-state index in [1.165, 1.54) is 6.92 Å². The van der Waals surface area contributed by atoms with E-state index in [1.807, 2.05) is 105 Å². The van der Waals surface area contributed by atoms with Gasteiger partial charge in [-0.25, -0.2) is 0 Å². The highest BCUT2D eigenvalue weighted by atomic mass is 16.7. The fourth-order valence-corrected chi connectivity index (χ4v) is 5.92. The Labute approximate surface area is 265 Å². The van der Waals surface area contributed by atoms with Crippen LogP contribution in [0.15, 0.2) is 91.0 Å². The van der Waals surface area contributed by atoms with Gasteiger partial charge in [-0.15, -0.1) is 0 Å². The van der Waals surface area contributed by atoms with Crippen LogP contribution in [0.1, 0.15) is 44.4 Å². The van der Waals surface area contributed by atoms with E-state index in [4.69, 9.17) is 33.2 Å². The predicted octanol–water partition coefficient (Wildman–Crippen LogP) is 5.18. The summed E-state index contributed by atoms with van der Waals surface area (Å²) in [6.45, 7) is 8.06. The molecule has 0 aromatic heterocycles. The maximum atomic E-state index is 12.1. The summed E-state index contributed by atoms with van der Waals surface area (Å²) in [6, 6.07) is 29.7. The number of rotatable bonds is 12. The summed E-state index contributed by atoms with van der Waals surface area (Å²) in [4.78, 5) is 12.1. The fraction of sp³-hybridized carbons (Fsp3) is 0.472. The van der Waals surface area contributed by atoms with Gasteiger partial charge in [0.15, 0.2) is 18.7 Å². The molecule has 2 aliphatic heterocycles. The van der Waals surface area contributed by atoms with Crippen LogP contribution in [0.3, 0.4) is 0 Å². The lowest BCUT2D eigenvalue weighted by Gasteiger charge is -2.48. The van der Waals surface area contributed by atoms with Crippen molar-refractivity contribution in [2.24, 2.45) is 5.92 Å². The first-order valence-electron chi connectivity index (χ1n) is 15.6. The molecule has 0 saturated carbocycles. The Morgan fingerprint density at radius 1 is 0.622 bits per heavy atom. The van der Waals surface area contributed by atoms with Gasteiger partial charge in [-0.1, -0.05) is 97.9 Å². The van der Waals surface area contributed by atoms with E-state index >= 15 is 0 Å². The van der Waals surface area contributed by atoms with Crippen molar-refractivity contribution < 1.29 is 43.1 Å². The molecular formula is C36H44O9. The van der Waals surface area contributed by atoms with E-state index in [1.54, 1.807) is 6.92 Å². The molecule has 5 rings (SSSR count). The zero-order valence-corrected chi connectivity index (χ0v) is 26.3. The highest BCUT2D eigenvalue weighted by Crippen LogP contribution is 2.36. The monoisotopic (exact) mass is 620 g/mol. The molecular weight excluding hydrogens is 576 g/mol. The van der Waals surface area contributed by atoms with Gasteiger partial charge in [0.1, 0.15) is 18.3 Å². The van der Waals surface area contributed by atoms with Crippen LogP contribution in [-0.4, -0.2) is 66.4 Å². The van der Waals surface area contributed by atoms with Crippen LogP contribution in [0, 0.1) is 5.92 Å². The van der Waals surface area contributed by atoms with Crippen molar-refractivity contribution in [3.63, 3.8) is 0 Å². The van der Waals surface area contributed by atoms with Crippen LogP contribution >= 0.6 is 0 Å². The maximum Gasteiger partial charge on any atom is 0.303 e. The highest BCUT2D eigenvalue weighted by Gasteiger charge is 2.51. The van der Waals surface area contributed by atoms with Crippen molar-refractivity contribution in [1.29, 1.82) is 0 Å². The lowest BCUT2D eigenvalue weighted by molar-refractivity contribution is -0.351. The van der Waals surface area contributed by atoms with Crippen molar-refractivity contribution >= 4 is 5.97 Å². The van der Waals surface area contributed by atoms with Crippen LogP contribution in [0.2, 0.25) is 0 Å². The van der Waals surface area contributed by atoms with Crippen LogP contribution in [0.5, 0.6) is 0 Å². The smallest absolute Gasteiger partial charge is 0.303 e. The SMILES string of the molecule is CC(=O)O[C@H]1C(O)OC(C)[C@H](OCc2ccccc2)C1O[C@@H]1OC(C)[C@@H](OCc2ccccc2)C(OCc2ccccc2)[C@@H]1C. The van der Waals surface area contributed by atoms with Crippen molar-refractivity contribution in [2.45, 2.75) is 103 Å². The quantitative estimate of drug-likeness (QED) is 0.275. The number of esters is 1. The van der Waals surface area contributed by atoms with E-state index in [-0.39, 0.29) is 12.5 Å². The topological polar surface area (TPSA) is 102 Å². The minimum absolute atomic E-state index is 0.275. The van der Waals surface area contributed by atoms with Crippen molar-refractivity contribution in [1.82, 2.24) is 0 Å². The number of ether oxygens (including phenoxy) is 7. The first-order chi connectivity index (χ1) is 21.8. The summed E-state index contributed by atoms with van der Waals surface area (Å²) in [5, 5.41) is 10.9. The van der Waals surface area contributed by atoms with Crippen molar-refractivity contribution in [3.05, 3.63) is 108 Å². The molecule has 2 fully saturated rings. The third-order valence-corrected chi connectivity index (χ3v) is 8.28. The summed E-state index contributed by atoms with van der Waals surface area (Å²) >= 11 is 0. The summed E-state index contributed by atoms with van der Waals surface area (Å²) < 4.78 is 43.8. The van der Waals surface area contributed by atoms with E-state index in [0.29, 0.717) is 13.2 Å². The van der Waals surface area contributed by atoms with Gasteiger partial charge in [0.05, 0.1) is 38.1 Å². The van der Waals surface area contributed by atoms with E-state index in [2.05, 4.69) is 0 Å². The van der Waals surface area contributed by atoms with Gasteiger partial charge < -0.3 is 38.3 Å². The van der Waals surface area contributed by atoms with E-state index < -0.39 is 61.3 Å². The molecule has 3 aromatic carbocycles. The maximum absolute atomic E-state index is 12.1. The van der Waals surface area contributed by atoms with Crippen LogP contribution in [0.25, 0.3) is 0 Å². The number of aliphatic hydroxyl groups excluding tert-OH is 1. The normalized spacial score (nSPS) is 31.8. The number of carbonyl (C=O) groups excluding carboxylic acids is 1. The molecule has 0 bridgehead atoms. The average Bonchev–Trinajstić information content (AvgIpc) is 3.04. The Hall–Kier alpha value is -3.15. The van der Waals surface area contributed by atoms with Crippen LogP contribution in [0.4, 0.5) is 0 Å². The lowest BCUT2D eigenvalue weighted by atomic mass is 9.91. The highest BCUT2D eigenvalue weighted by molar-refractivity contribution is 5.66. The van der Waals surface area contributed by atoms with Gasteiger partial charge in [0.25, 0.3) is 0 Å². The fourth-order valence-electron chi connectivity index (χ4n) is 5.92. The Balaban J connectivity index is 1.38. The average molecular weight is 621 g/mol. The van der Waals surface area contributed by atoms with Crippen LogP contribution < -0.4 is 0 Å². The Kier molecular flexibility index (Phi) is 11.7. The van der Waals surface area contributed by atoms with Gasteiger partial charge in [0.2, 0.25) is 0 Å². The van der Waals surface area contributed by atoms with Gasteiger partial charge in [-0.05, 0) is 30.5 Å². The van der Waals surface area contributed by atoms with Crippen molar-refractivity contribution in [2.75, 3.05) is 0 Å². The number of carbonyl (C=O) groups is 1. The number of aliphatic hydroxyl groups is 1. The molecule has 3 aromatic rings. The molecule has 5 unspecified atom stereocenters. The molecule has 9 nitrogen and oxygen atoms in total. The summed E-state index contributed by atoms with van der Waals surface area (Å²) in [6.07, 6.45) is -6.68. The van der Waals surface area contributed by atoms with Gasteiger partial charge >= 0.3 is 5.97 Å². The summed E-state index contributed by atoms with van der Waals surface area (Å²) in [7, 11) is 0. The number of hydrogen-bond acceptors (Lipinski definition) is 9. The largest absolute Gasteiger partial charge is 0.454 e. The molecule has 45 heavy (non-hydrogen) atoms. The van der Waals surface area contributed by atoms with Crippen molar-refractivity contribution in [3.8, 4) is 0 Å². The lowest BCUT2D eigenvalue weighted by Crippen LogP contribution is -2.63. The van der Waals surface area contributed by atoms with Gasteiger partial charge in [0, 0.05) is 12.8 Å². The van der Waals surface area contributed by atoms with Gasteiger partial charge in [-0.3, -0.25) is 4.79 Å². The molecule has 242 valence electrons. The molecule has 0 spiro atoms. The first kappa shape index (κ1) is 33.2. The molecule has 2 aliphatic rings. The molecule has 2 saturated heterocycles. The third-order valence-electron chi connectivity index (χ3n) is 8.28. The van der Waals surface area contributed by atoms with E-state index in [0.717, 1.165) is 16.7 Å². The molecule has 1 N–H and O–H groups in total. The molecule has 10 atom stereocenters. The number of benzene rings is 3. The van der Waals surface area contributed by atoms with E-state index in [9.17, 15) is 9.90 Å². The first-order valence-corrected chi connectivity index (χ1v) is 15.6. The Bertz CT molecular complexity index is 1310. The van der Waals surface area contributed by atoms with Crippen LogP contribution in [-0.2, 0) is 57.8 Å². The summed E-state index contributed by atoms with van der Waals surface area (Å²) in [5.41, 5.74) is 3.04. The second-order valence-corrected chi connectivity index (χ2v) is 11.8. The molecule has 0 radical (unpaired) electrons. The minimum atomic E-state index is -1.41. The second kappa shape index (κ2) is 15.9. The molecule has 0 aliphatic carbocycles. The summed E-state index contributed by atoms with van der Waals surface area (Å²) in [5.74, 6) is -0.884. The molecule has 0 amide bonds. The zero-order valence-electron chi connectivity index (χ0n) is 26.3. The third kappa shape index (κ3) is 8.77. The minimum Gasteiger partial charge on any atom is -0.454 e. The Morgan fingerprint density at radius 3 is 1.51 bits per heavy atom. The number of hydrogen-bond donors (Lipinski definition) is 1. The predicted molar refractivity (Wildman–Crippen MR) is 166 cm³/mol. The Morgan fingerprint density at radius 2 is 1.04 bits per heavy atom. The molecule has 9 heteroatoms. The van der Waals surface area contributed by atoms with Gasteiger partial charge in [-0.2, -0.15) is 0 Å².